The summed E-state index contributed by atoms with van der Waals surface area (Å²) >= 11 is 1.09. The van der Waals surface area contributed by atoms with E-state index in [2.05, 4.69) is 10.3 Å². The van der Waals surface area contributed by atoms with Crippen molar-refractivity contribution < 1.29 is 14.0 Å². The number of benzene rings is 3. The van der Waals surface area contributed by atoms with E-state index in [0.29, 0.717) is 34.8 Å². The molecule has 0 bridgehead atoms. The van der Waals surface area contributed by atoms with Crippen LogP contribution in [0.2, 0.25) is 0 Å². The molecule has 0 radical (unpaired) electrons. The Morgan fingerprint density at radius 2 is 1.77 bits per heavy atom. The second kappa shape index (κ2) is 10.7. The number of ketones is 1. The number of halogens is 1. The molecule has 1 amide bonds. The van der Waals surface area contributed by atoms with Crippen LogP contribution in [0.1, 0.15) is 34.6 Å². The molecule has 1 N–H and O–H groups in total. The molecular weight excluding hydrogens is 465 g/mol. The van der Waals surface area contributed by atoms with Crippen molar-refractivity contribution in [3.8, 4) is 5.69 Å². The minimum absolute atomic E-state index is 0.0336. The van der Waals surface area contributed by atoms with E-state index < -0.39 is 11.4 Å². The van der Waals surface area contributed by atoms with Gasteiger partial charge < -0.3 is 5.32 Å². The molecule has 1 aromatic heterocycles. The van der Waals surface area contributed by atoms with Gasteiger partial charge in [-0.1, -0.05) is 62.0 Å². The van der Waals surface area contributed by atoms with E-state index in [1.165, 1.54) is 22.8 Å². The van der Waals surface area contributed by atoms with Gasteiger partial charge in [0.1, 0.15) is 5.82 Å². The van der Waals surface area contributed by atoms with Gasteiger partial charge in [-0.2, -0.15) is 0 Å². The summed E-state index contributed by atoms with van der Waals surface area (Å²) in [6.07, 6.45) is 0. The molecule has 0 aliphatic heterocycles. The van der Waals surface area contributed by atoms with Gasteiger partial charge in [0.25, 0.3) is 11.5 Å². The topological polar surface area (TPSA) is 81.1 Å². The number of thioether (sulfide) groups is 1. The lowest BCUT2D eigenvalue weighted by Gasteiger charge is -2.14. The van der Waals surface area contributed by atoms with E-state index in [0.717, 1.165) is 11.8 Å². The van der Waals surface area contributed by atoms with E-state index in [4.69, 9.17) is 0 Å². The van der Waals surface area contributed by atoms with Crippen LogP contribution in [0.3, 0.4) is 0 Å². The zero-order valence-corrected chi connectivity index (χ0v) is 20.1. The van der Waals surface area contributed by atoms with E-state index >= 15 is 0 Å². The Bertz CT molecular complexity index is 1450. The highest BCUT2D eigenvalue weighted by Crippen LogP contribution is 2.23. The van der Waals surface area contributed by atoms with Crippen LogP contribution >= 0.6 is 11.8 Å². The number of carbonyl (C=O) groups is 2. The van der Waals surface area contributed by atoms with Gasteiger partial charge >= 0.3 is 0 Å². The summed E-state index contributed by atoms with van der Waals surface area (Å²) in [4.78, 5) is 43.3. The SMILES string of the molecule is CC(C)CNC(=O)c1ccc2c(=O)n(-c3cccc(F)c3)c(SCC(=O)c3ccccc3)nc2c1. The van der Waals surface area contributed by atoms with Crippen LogP contribution in [0.4, 0.5) is 4.39 Å². The lowest BCUT2D eigenvalue weighted by Crippen LogP contribution is -2.27. The van der Waals surface area contributed by atoms with Crippen LogP contribution in [0.15, 0.2) is 82.7 Å². The molecule has 0 fully saturated rings. The van der Waals surface area contributed by atoms with Gasteiger partial charge in [0.15, 0.2) is 10.9 Å². The van der Waals surface area contributed by atoms with Gasteiger partial charge in [-0.15, -0.1) is 0 Å². The van der Waals surface area contributed by atoms with Crippen LogP contribution in [-0.4, -0.2) is 33.5 Å². The minimum Gasteiger partial charge on any atom is -0.352 e. The summed E-state index contributed by atoms with van der Waals surface area (Å²) in [5, 5.41) is 3.37. The summed E-state index contributed by atoms with van der Waals surface area (Å²) in [6, 6.07) is 19.1. The fourth-order valence-electron chi connectivity index (χ4n) is 3.48. The zero-order valence-electron chi connectivity index (χ0n) is 19.3. The molecule has 1 heterocycles. The number of hydrogen-bond acceptors (Lipinski definition) is 5. The molecule has 4 aromatic rings. The monoisotopic (exact) mass is 489 g/mol. The third-order valence-corrected chi connectivity index (χ3v) is 6.20. The number of carbonyl (C=O) groups excluding carboxylic acids is 2. The molecule has 0 spiro atoms. The quantitative estimate of drug-likeness (QED) is 0.217. The molecule has 8 heteroatoms. The largest absolute Gasteiger partial charge is 0.352 e. The molecule has 0 saturated heterocycles. The number of Topliss-reactive ketones (excluding diaryl/α,β-unsaturated/α-hetero) is 1. The average molecular weight is 490 g/mol. The molecule has 4 rings (SSSR count). The standard InChI is InChI=1S/C27H24FN3O3S/c1-17(2)15-29-25(33)19-11-12-22-23(13-19)30-27(35-16-24(32)18-7-4-3-5-8-18)31(26(22)34)21-10-6-9-20(28)14-21/h3-14,17H,15-16H2,1-2H3,(H,29,33). The molecule has 3 aromatic carbocycles. The highest BCUT2D eigenvalue weighted by molar-refractivity contribution is 7.99. The van der Waals surface area contributed by atoms with E-state index in [1.54, 1.807) is 48.5 Å². The Balaban J connectivity index is 1.77. The van der Waals surface area contributed by atoms with E-state index in [9.17, 15) is 18.8 Å². The lowest BCUT2D eigenvalue weighted by atomic mass is 10.1. The highest BCUT2D eigenvalue weighted by atomic mass is 32.2. The van der Waals surface area contributed by atoms with Crippen LogP contribution in [0, 0.1) is 11.7 Å². The predicted molar refractivity (Wildman–Crippen MR) is 136 cm³/mol. The third kappa shape index (κ3) is 5.66. The molecule has 6 nitrogen and oxygen atoms in total. The van der Waals surface area contributed by atoms with Crippen molar-refractivity contribution in [3.05, 3.63) is 100 Å². The van der Waals surface area contributed by atoms with Gasteiger partial charge in [-0.05, 0) is 42.3 Å². The first-order chi connectivity index (χ1) is 16.8. The Hall–Kier alpha value is -3.78. The summed E-state index contributed by atoms with van der Waals surface area (Å²) < 4.78 is 15.3. The summed E-state index contributed by atoms with van der Waals surface area (Å²) in [6.45, 7) is 4.52. The van der Waals surface area contributed by atoms with Crippen LogP contribution in [0.5, 0.6) is 0 Å². The first-order valence-corrected chi connectivity index (χ1v) is 12.1. The van der Waals surface area contributed by atoms with Crippen LogP contribution < -0.4 is 10.9 Å². The number of hydrogen-bond donors (Lipinski definition) is 1. The van der Waals surface area contributed by atoms with Gasteiger partial charge in [0, 0.05) is 17.7 Å². The Morgan fingerprint density at radius 3 is 2.49 bits per heavy atom. The first kappa shape index (κ1) is 24.3. The Morgan fingerprint density at radius 1 is 1.00 bits per heavy atom. The van der Waals surface area contributed by atoms with E-state index in [-0.39, 0.29) is 28.0 Å². The Kier molecular flexibility index (Phi) is 7.41. The second-order valence-corrected chi connectivity index (χ2v) is 9.37. The van der Waals surface area contributed by atoms with Crippen LogP contribution in [0.25, 0.3) is 16.6 Å². The molecule has 0 unspecified atom stereocenters. The molecular formula is C27H24FN3O3S. The zero-order chi connectivity index (χ0) is 24.9. The normalized spacial score (nSPS) is 11.1. The fourth-order valence-corrected chi connectivity index (χ4v) is 4.39. The van der Waals surface area contributed by atoms with Gasteiger partial charge in [0.05, 0.1) is 22.3 Å². The van der Waals surface area contributed by atoms with Gasteiger partial charge in [0.2, 0.25) is 0 Å². The fraction of sp³-hybridized carbons (Fsp3) is 0.185. The molecule has 0 aliphatic carbocycles. The molecule has 0 atom stereocenters. The maximum atomic E-state index is 14.0. The number of rotatable bonds is 8. The number of amides is 1. The summed E-state index contributed by atoms with van der Waals surface area (Å²) in [7, 11) is 0. The lowest BCUT2D eigenvalue weighted by molar-refractivity contribution is 0.0948. The molecule has 0 aliphatic rings. The maximum absolute atomic E-state index is 14.0. The van der Waals surface area contributed by atoms with Gasteiger partial charge in [-0.25, -0.2) is 9.37 Å². The number of nitrogens with one attached hydrogen (secondary N) is 1. The second-order valence-electron chi connectivity index (χ2n) is 8.43. The summed E-state index contributed by atoms with van der Waals surface area (Å²) in [5.41, 5.74) is 1.14. The van der Waals surface area contributed by atoms with Crippen molar-refractivity contribution in [2.75, 3.05) is 12.3 Å². The van der Waals surface area contributed by atoms with Crippen molar-refractivity contribution in [1.29, 1.82) is 0 Å². The predicted octanol–water partition coefficient (Wildman–Crippen LogP) is 4.89. The van der Waals surface area contributed by atoms with E-state index in [1.807, 2.05) is 19.9 Å². The molecule has 178 valence electrons. The number of fused-ring (bicyclic) bond motifs is 1. The van der Waals surface area contributed by atoms with Crippen molar-refractivity contribution in [3.63, 3.8) is 0 Å². The highest BCUT2D eigenvalue weighted by Gasteiger charge is 2.17. The maximum Gasteiger partial charge on any atom is 0.266 e. The number of nitrogens with zero attached hydrogens (tertiary/aromatic N) is 2. The first-order valence-electron chi connectivity index (χ1n) is 11.2. The van der Waals surface area contributed by atoms with Crippen molar-refractivity contribution in [1.82, 2.24) is 14.9 Å². The number of aromatic nitrogens is 2. The van der Waals surface area contributed by atoms with Gasteiger partial charge in [-0.3, -0.25) is 19.0 Å². The van der Waals surface area contributed by atoms with Crippen molar-refractivity contribution in [2.24, 2.45) is 5.92 Å². The van der Waals surface area contributed by atoms with Crippen LogP contribution in [-0.2, 0) is 0 Å². The summed E-state index contributed by atoms with van der Waals surface area (Å²) in [5.74, 6) is -0.557. The average Bonchev–Trinajstić information content (AvgIpc) is 2.86. The minimum atomic E-state index is -0.497. The van der Waals surface area contributed by atoms with Crippen molar-refractivity contribution >= 4 is 34.4 Å². The third-order valence-electron chi connectivity index (χ3n) is 5.27. The Labute approximate surface area is 206 Å². The molecule has 35 heavy (non-hydrogen) atoms. The van der Waals surface area contributed by atoms with Crippen molar-refractivity contribution in [2.45, 2.75) is 19.0 Å². The smallest absolute Gasteiger partial charge is 0.266 e. The molecule has 0 saturated carbocycles.